The Hall–Kier alpha value is -1.92. The van der Waals surface area contributed by atoms with Gasteiger partial charge in [-0.1, -0.05) is 11.6 Å². The van der Waals surface area contributed by atoms with Gasteiger partial charge < -0.3 is 15.6 Å². The fourth-order valence-corrected chi connectivity index (χ4v) is 1.67. The summed E-state index contributed by atoms with van der Waals surface area (Å²) in [5.74, 6) is -0.292. The molecule has 0 radical (unpaired) electrons. The smallest absolute Gasteiger partial charge is 0.275 e. The van der Waals surface area contributed by atoms with E-state index in [4.69, 9.17) is 17.3 Å². The minimum Gasteiger partial charge on any atom is -0.335 e. The van der Waals surface area contributed by atoms with E-state index in [1.54, 1.807) is 23.2 Å². The first-order valence-corrected chi connectivity index (χ1v) is 6.13. The van der Waals surface area contributed by atoms with E-state index in [-0.39, 0.29) is 5.91 Å². The molecule has 0 fully saturated rings. The van der Waals surface area contributed by atoms with E-state index < -0.39 is 0 Å². The van der Waals surface area contributed by atoms with Gasteiger partial charge in [0, 0.05) is 19.3 Å². The maximum absolute atomic E-state index is 11.9. The van der Waals surface area contributed by atoms with Crippen molar-refractivity contribution in [2.75, 3.05) is 11.9 Å². The van der Waals surface area contributed by atoms with E-state index in [1.807, 2.05) is 6.92 Å². The number of rotatable bonds is 4. The summed E-state index contributed by atoms with van der Waals surface area (Å²) < 4.78 is 1.76. The molecule has 0 saturated heterocycles. The molecule has 1 amide bonds. The molecule has 2 heterocycles. The van der Waals surface area contributed by atoms with E-state index in [2.05, 4.69) is 15.3 Å². The van der Waals surface area contributed by atoms with Gasteiger partial charge >= 0.3 is 0 Å². The minimum atomic E-state index is -0.292. The van der Waals surface area contributed by atoms with Crippen LogP contribution in [0.5, 0.6) is 0 Å². The van der Waals surface area contributed by atoms with E-state index in [0.717, 1.165) is 5.56 Å². The zero-order chi connectivity index (χ0) is 13.8. The van der Waals surface area contributed by atoms with Crippen molar-refractivity contribution >= 4 is 23.2 Å². The van der Waals surface area contributed by atoms with Crippen LogP contribution in [0.3, 0.4) is 0 Å². The molecule has 2 aromatic heterocycles. The highest BCUT2D eigenvalue weighted by atomic mass is 35.5. The van der Waals surface area contributed by atoms with Gasteiger partial charge in [0.15, 0.2) is 0 Å². The highest BCUT2D eigenvalue weighted by Gasteiger charge is 2.10. The fraction of sp³-hybridized carbons (Fsp3) is 0.250. The molecule has 2 rings (SSSR count). The Morgan fingerprint density at radius 2 is 2.32 bits per heavy atom. The maximum atomic E-state index is 11.9. The molecule has 0 aliphatic carbocycles. The number of nitrogens with two attached hydrogens (primary N) is 1. The normalized spacial score (nSPS) is 10.5. The fourth-order valence-electron chi connectivity index (χ4n) is 1.57. The topological polar surface area (TPSA) is 85.8 Å². The summed E-state index contributed by atoms with van der Waals surface area (Å²) in [5.41, 5.74) is 7.15. The number of hydrogen-bond donors (Lipinski definition) is 2. The zero-order valence-electron chi connectivity index (χ0n) is 10.4. The molecule has 0 spiro atoms. The van der Waals surface area contributed by atoms with Crippen molar-refractivity contribution < 1.29 is 4.79 Å². The number of amides is 1. The first-order chi connectivity index (χ1) is 9.10. The molecule has 0 aliphatic rings. The summed E-state index contributed by atoms with van der Waals surface area (Å²) in [4.78, 5) is 19.9. The number of nitrogens with one attached hydrogen (secondary N) is 1. The number of anilines is 1. The van der Waals surface area contributed by atoms with Crippen molar-refractivity contribution in [2.24, 2.45) is 5.73 Å². The van der Waals surface area contributed by atoms with Crippen LogP contribution in [0.15, 0.2) is 24.8 Å². The summed E-state index contributed by atoms with van der Waals surface area (Å²) in [7, 11) is 0. The summed E-state index contributed by atoms with van der Waals surface area (Å²) >= 11 is 5.82. The lowest BCUT2D eigenvalue weighted by molar-refractivity contribution is 0.102. The molecule has 6 nitrogen and oxygen atoms in total. The van der Waals surface area contributed by atoms with Gasteiger partial charge in [0.05, 0.1) is 18.2 Å². The van der Waals surface area contributed by atoms with Crippen LogP contribution in [0.1, 0.15) is 16.1 Å². The molecule has 0 saturated carbocycles. The van der Waals surface area contributed by atoms with Gasteiger partial charge in [-0.2, -0.15) is 0 Å². The number of imidazole rings is 1. The van der Waals surface area contributed by atoms with E-state index >= 15 is 0 Å². The van der Waals surface area contributed by atoms with Crippen LogP contribution in [0, 0.1) is 6.92 Å². The summed E-state index contributed by atoms with van der Waals surface area (Å²) in [6.45, 7) is 2.95. The second kappa shape index (κ2) is 5.81. The molecular weight excluding hydrogens is 266 g/mol. The summed E-state index contributed by atoms with van der Waals surface area (Å²) in [5, 5.41) is 3.14. The van der Waals surface area contributed by atoms with Gasteiger partial charge in [-0.25, -0.2) is 9.97 Å². The van der Waals surface area contributed by atoms with Gasteiger partial charge in [-0.05, 0) is 18.6 Å². The first kappa shape index (κ1) is 13.5. The molecule has 0 aromatic carbocycles. The van der Waals surface area contributed by atoms with Crippen LogP contribution in [-0.4, -0.2) is 27.0 Å². The third-order valence-electron chi connectivity index (χ3n) is 2.53. The second-order valence-electron chi connectivity index (χ2n) is 4.07. The van der Waals surface area contributed by atoms with E-state index in [0.29, 0.717) is 29.6 Å². The van der Waals surface area contributed by atoms with Crippen LogP contribution >= 0.6 is 11.6 Å². The first-order valence-electron chi connectivity index (χ1n) is 5.75. The average molecular weight is 280 g/mol. The van der Waals surface area contributed by atoms with Crippen LogP contribution in [-0.2, 0) is 6.54 Å². The molecule has 19 heavy (non-hydrogen) atoms. The number of carbonyl (C=O) groups excluding carboxylic acids is 1. The van der Waals surface area contributed by atoms with Crippen molar-refractivity contribution in [2.45, 2.75) is 13.5 Å². The maximum Gasteiger partial charge on any atom is 0.275 e. The largest absolute Gasteiger partial charge is 0.335 e. The third-order valence-corrected chi connectivity index (χ3v) is 2.92. The molecule has 0 atom stereocenters. The lowest BCUT2D eigenvalue weighted by Gasteiger charge is -2.04. The zero-order valence-corrected chi connectivity index (χ0v) is 11.2. The molecule has 7 heteroatoms. The van der Waals surface area contributed by atoms with Crippen molar-refractivity contribution in [1.82, 2.24) is 14.5 Å². The Labute approximate surface area is 115 Å². The van der Waals surface area contributed by atoms with Crippen molar-refractivity contribution in [1.29, 1.82) is 0 Å². The third kappa shape index (κ3) is 3.30. The highest BCUT2D eigenvalue weighted by molar-refractivity contribution is 6.30. The van der Waals surface area contributed by atoms with E-state index in [9.17, 15) is 4.79 Å². The van der Waals surface area contributed by atoms with E-state index in [1.165, 1.54) is 6.20 Å². The van der Waals surface area contributed by atoms with Gasteiger partial charge in [-0.3, -0.25) is 4.79 Å². The standard InChI is InChI=1S/C12H14ClN5O/c1-8-4-9(5-15-11(8)13)17-12(19)10-6-18(3-2-14)7-16-10/h4-7H,2-3,14H2,1H3,(H,17,19). The number of carbonyl (C=O) groups is 1. The molecule has 0 bridgehead atoms. The van der Waals surface area contributed by atoms with Gasteiger partial charge in [0.2, 0.25) is 0 Å². The Balaban J connectivity index is 2.09. The molecule has 100 valence electrons. The Morgan fingerprint density at radius 3 is 3.00 bits per heavy atom. The predicted octanol–water partition coefficient (Wildman–Crippen LogP) is 1.45. The van der Waals surface area contributed by atoms with Crippen molar-refractivity contribution in [3.63, 3.8) is 0 Å². The van der Waals surface area contributed by atoms with Crippen LogP contribution in [0.25, 0.3) is 0 Å². The molecule has 0 aliphatic heterocycles. The van der Waals surface area contributed by atoms with Crippen LogP contribution in [0.4, 0.5) is 5.69 Å². The molecule has 3 N–H and O–H groups in total. The SMILES string of the molecule is Cc1cc(NC(=O)c2cn(CCN)cn2)cnc1Cl. The van der Waals surface area contributed by atoms with Gasteiger partial charge in [0.25, 0.3) is 5.91 Å². The average Bonchev–Trinajstić information content (AvgIpc) is 2.83. The molecule has 2 aromatic rings. The number of halogens is 1. The van der Waals surface area contributed by atoms with Gasteiger partial charge in [-0.15, -0.1) is 0 Å². The Bertz CT molecular complexity index is 596. The quantitative estimate of drug-likeness (QED) is 0.830. The molecular formula is C12H14ClN5O. The van der Waals surface area contributed by atoms with Crippen LogP contribution in [0.2, 0.25) is 5.15 Å². The van der Waals surface area contributed by atoms with Gasteiger partial charge in [0.1, 0.15) is 10.8 Å². The Kier molecular flexibility index (Phi) is 4.13. The van der Waals surface area contributed by atoms with Crippen molar-refractivity contribution in [3.8, 4) is 0 Å². The summed E-state index contributed by atoms with van der Waals surface area (Å²) in [6, 6.07) is 1.75. The lowest BCUT2D eigenvalue weighted by Crippen LogP contribution is -2.13. The van der Waals surface area contributed by atoms with Crippen molar-refractivity contribution in [3.05, 3.63) is 41.2 Å². The predicted molar refractivity (Wildman–Crippen MR) is 73.2 cm³/mol. The van der Waals surface area contributed by atoms with Crippen LogP contribution < -0.4 is 11.1 Å². The highest BCUT2D eigenvalue weighted by Crippen LogP contribution is 2.16. The minimum absolute atomic E-state index is 0.292. The second-order valence-corrected chi connectivity index (χ2v) is 4.43. The number of pyridine rings is 1. The molecule has 0 unspecified atom stereocenters. The summed E-state index contributed by atoms with van der Waals surface area (Å²) in [6.07, 6.45) is 4.73. The Morgan fingerprint density at radius 1 is 1.53 bits per heavy atom. The lowest BCUT2D eigenvalue weighted by atomic mass is 10.3. The number of hydrogen-bond acceptors (Lipinski definition) is 4. The number of nitrogens with zero attached hydrogens (tertiary/aromatic N) is 3. The monoisotopic (exact) mass is 279 g/mol. The number of aryl methyl sites for hydroxylation is 1. The number of aromatic nitrogens is 3.